The Bertz CT molecular complexity index is 413. The van der Waals surface area contributed by atoms with Gasteiger partial charge in [0, 0.05) is 19.9 Å². The number of aromatic nitrogens is 2. The number of sulfonamides is 1. The predicted octanol–water partition coefficient (Wildman–Crippen LogP) is 0.640. The van der Waals surface area contributed by atoms with Crippen molar-refractivity contribution in [3.63, 3.8) is 0 Å². The first-order valence-corrected chi connectivity index (χ1v) is 6.95. The van der Waals surface area contributed by atoms with Crippen LogP contribution in [-0.2, 0) is 16.4 Å². The van der Waals surface area contributed by atoms with Gasteiger partial charge in [0.15, 0.2) is 0 Å². The van der Waals surface area contributed by atoms with Crippen LogP contribution in [0.15, 0.2) is 4.42 Å². The van der Waals surface area contributed by atoms with Crippen LogP contribution in [0, 0.1) is 6.92 Å². The summed E-state index contributed by atoms with van der Waals surface area (Å²) in [6.45, 7) is 3.95. The smallest absolute Gasteiger partial charge is 0.217 e. The zero-order valence-electron chi connectivity index (χ0n) is 9.56. The van der Waals surface area contributed by atoms with E-state index in [-0.39, 0.29) is 5.75 Å². The van der Waals surface area contributed by atoms with Crippen molar-refractivity contribution in [2.75, 3.05) is 12.3 Å². The molecule has 0 aliphatic carbocycles. The van der Waals surface area contributed by atoms with Gasteiger partial charge in [0.1, 0.15) is 0 Å². The van der Waals surface area contributed by atoms with Crippen LogP contribution in [-0.4, -0.2) is 30.9 Å². The van der Waals surface area contributed by atoms with Crippen molar-refractivity contribution in [3.8, 4) is 0 Å². The Morgan fingerprint density at radius 2 is 2.12 bits per heavy atom. The first-order chi connectivity index (χ1) is 7.53. The summed E-state index contributed by atoms with van der Waals surface area (Å²) in [5.41, 5.74) is 0. The van der Waals surface area contributed by atoms with E-state index in [0.717, 1.165) is 6.42 Å². The molecule has 0 spiro atoms. The highest BCUT2D eigenvalue weighted by atomic mass is 32.2. The average molecular weight is 247 g/mol. The van der Waals surface area contributed by atoms with E-state index in [1.54, 1.807) is 6.92 Å². The van der Waals surface area contributed by atoms with E-state index >= 15 is 0 Å². The third-order valence-electron chi connectivity index (χ3n) is 2.00. The van der Waals surface area contributed by atoms with Crippen molar-refractivity contribution in [1.29, 1.82) is 0 Å². The molecule has 1 N–H and O–H groups in total. The number of rotatable bonds is 7. The molecule has 7 heteroatoms. The van der Waals surface area contributed by atoms with Crippen LogP contribution < -0.4 is 4.72 Å². The molecule has 0 saturated heterocycles. The zero-order valence-corrected chi connectivity index (χ0v) is 10.4. The van der Waals surface area contributed by atoms with Crippen LogP contribution in [0.3, 0.4) is 0 Å². The average Bonchev–Trinajstić information content (AvgIpc) is 2.61. The van der Waals surface area contributed by atoms with Crippen molar-refractivity contribution in [3.05, 3.63) is 11.8 Å². The van der Waals surface area contributed by atoms with E-state index in [9.17, 15) is 8.42 Å². The predicted molar refractivity (Wildman–Crippen MR) is 59.4 cm³/mol. The molecule has 0 amide bonds. The molecule has 0 aliphatic heterocycles. The summed E-state index contributed by atoms with van der Waals surface area (Å²) in [7, 11) is -3.15. The molecule has 1 aromatic heterocycles. The summed E-state index contributed by atoms with van der Waals surface area (Å²) in [6, 6.07) is 0. The first-order valence-electron chi connectivity index (χ1n) is 5.30. The molecule has 0 fully saturated rings. The normalized spacial score (nSPS) is 11.9. The second-order valence-corrected chi connectivity index (χ2v) is 5.46. The molecule has 1 rings (SSSR count). The molecule has 0 radical (unpaired) electrons. The molecule has 0 aliphatic rings. The van der Waals surface area contributed by atoms with Gasteiger partial charge in [-0.1, -0.05) is 13.3 Å². The van der Waals surface area contributed by atoms with Gasteiger partial charge in [-0.2, -0.15) is 0 Å². The van der Waals surface area contributed by atoms with Crippen LogP contribution in [0.4, 0.5) is 0 Å². The van der Waals surface area contributed by atoms with E-state index in [1.165, 1.54) is 0 Å². The van der Waals surface area contributed by atoms with E-state index in [2.05, 4.69) is 14.9 Å². The Labute approximate surface area is 95.5 Å². The van der Waals surface area contributed by atoms with Crippen molar-refractivity contribution in [1.82, 2.24) is 14.9 Å². The van der Waals surface area contributed by atoms with Gasteiger partial charge in [0.25, 0.3) is 0 Å². The van der Waals surface area contributed by atoms with Gasteiger partial charge in [-0.05, 0) is 6.42 Å². The summed E-state index contributed by atoms with van der Waals surface area (Å²) in [5, 5.41) is 7.43. The maximum Gasteiger partial charge on any atom is 0.217 e. The van der Waals surface area contributed by atoms with Crippen molar-refractivity contribution < 1.29 is 12.8 Å². The Morgan fingerprint density at radius 3 is 2.69 bits per heavy atom. The molecule has 16 heavy (non-hydrogen) atoms. The zero-order chi connectivity index (χ0) is 12.0. The van der Waals surface area contributed by atoms with Crippen LogP contribution in [0.25, 0.3) is 0 Å². The van der Waals surface area contributed by atoms with Crippen molar-refractivity contribution in [2.45, 2.75) is 33.1 Å². The summed E-state index contributed by atoms with van der Waals surface area (Å²) in [6.07, 6.45) is 1.96. The highest BCUT2D eigenvalue weighted by Gasteiger charge is 2.09. The summed E-state index contributed by atoms with van der Waals surface area (Å²) >= 11 is 0. The lowest BCUT2D eigenvalue weighted by molar-refractivity contribution is 0.465. The highest BCUT2D eigenvalue weighted by Crippen LogP contribution is 1.98. The lowest BCUT2D eigenvalue weighted by Crippen LogP contribution is -2.28. The Morgan fingerprint density at radius 1 is 1.38 bits per heavy atom. The highest BCUT2D eigenvalue weighted by molar-refractivity contribution is 7.89. The van der Waals surface area contributed by atoms with Gasteiger partial charge in [-0.15, -0.1) is 10.2 Å². The largest absolute Gasteiger partial charge is 0.426 e. The molecular weight excluding hydrogens is 230 g/mol. The summed E-state index contributed by atoms with van der Waals surface area (Å²) < 4.78 is 30.4. The van der Waals surface area contributed by atoms with E-state index in [4.69, 9.17) is 4.42 Å². The molecule has 0 bridgehead atoms. The molecule has 0 aromatic carbocycles. The van der Waals surface area contributed by atoms with Crippen LogP contribution in [0.2, 0.25) is 0 Å². The number of hydrogen-bond acceptors (Lipinski definition) is 5. The first kappa shape index (κ1) is 13.1. The third-order valence-corrected chi connectivity index (χ3v) is 3.47. The van der Waals surface area contributed by atoms with E-state index in [1.807, 2.05) is 6.92 Å². The minimum absolute atomic E-state index is 0.173. The van der Waals surface area contributed by atoms with Gasteiger partial charge in [0.2, 0.25) is 21.8 Å². The Hall–Kier alpha value is -0.950. The standard InChI is InChI=1S/C9H17N3O3S/c1-3-4-7-16(13,14)10-6-5-9-12-11-8(2)15-9/h10H,3-7H2,1-2H3. The monoisotopic (exact) mass is 247 g/mol. The fraction of sp³-hybridized carbons (Fsp3) is 0.778. The lowest BCUT2D eigenvalue weighted by Gasteiger charge is -2.03. The van der Waals surface area contributed by atoms with Crippen LogP contribution in [0.1, 0.15) is 31.5 Å². The molecule has 1 heterocycles. The second-order valence-electron chi connectivity index (χ2n) is 3.53. The second kappa shape index (κ2) is 5.95. The number of aryl methyl sites for hydroxylation is 1. The fourth-order valence-electron chi connectivity index (χ4n) is 1.16. The van der Waals surface area contributed by atoms with Crippen LogP contribution in [0.5, 0.6) is 0 Å². The third kappa shape index (κ3) is 4.71. The molecule has 92 valence electrons. The van der Waals surface area contributed by atoms with Gasteiger partial charge in [0.05, 0.1) is 5.75 Å². The number of nitrogens with one attached hydrogen (secondary N) is 1. The van der Waals surface area contributed by atoms with Gasteiger partial charge in [-0.3, -0.25) is 0 Å². The quantitative estimate of drug-likeness (QED) is 0.764. The minimum Gasteiger partial charge on any atom is -0.426 e. The van der Waals surface area contributed by atoms with E-state index < -0.39 is 10.0 Å². The van der Waals surface area contributed by atoms with Crippen molar-refractivity contribution in [2.24, 2.45) is 0 Å². The van der Waals surface area contributed by atoms with Crippen LogP contribution >= 0.6 is 0 Å². The maximum atomic E-state index is 11.4. The molecule has 0 atom stereocenters. The van der Waals surface area contributed by atoms with Gasteiger partial charge in [-0.25, -0.2) is 13.1 Å². The molecule has 1 aromatic rings. The Balaban J connectivity index is 2.29. The summed E-state index contributed by atoms with van der Waals surface area (Å²) in [4.78, 5) is 0. The number of unbranched alkanes of at least 4 members (excludes halogenated alkanes) is 1. The SMILES string of the molecule is CCCCS(=O)(=O)NCCc1nnc(C)o1. The molecule has 0 unspecified atom stereocenters. The minimum atomic E-state index is -3.15. The topological polar surface area (TPSA) is 85.1 Å². The van der Waals surface area contributed by atoms with Crippen molar-refractivity contribution >= 4 is 10.0 Å². The van der Waals surface area contributed by atoms with Gasteiger partial charge >= 0.3 is 0 Å². The Kier molecular flexibility index (Phi) is 4.88. The number of hydrogen-bond donors (Lipinski definition) is 1. The number of nitrogens with zero attached hydrogens (tertiary/aromatic N) is 2. The molecule has 0 saturated carbocycles. The molecule has 6 nitrogen and oxygen atoms in total. The maximum absolute atomic E-state index is 11.4. The molecular formula is C9H17N3O3S. The lowest BCUT2D eigenvalue weighted by atomic mass is 10.4. The fourth-order valence-corrected chi connectivity index (χ4v) is 2.38. The van der Waals surface area contributed by atoms with Gasteiger partial charge < -0.3 is 4.42 Å². The summed E-state index contributed by atoms with van der Waals surface area (Å²) in [5.74, 6) is 1.12. The van der Waals surface area contributed by atoms with E-state index in [0.29, 0.717) is 31.2 Å².